The Hall–Kier alpha value is -2.53. The highest BCUT2D eigenvalue weighted by atomic mass is 35.5. The van der Waals surface area contributed by atoms with Crippen molar-refractivity contribution in [3.8, 4) is 5.88 Å². The Morgan fingerprint density at radius 1 is 1.30 bits per heavy atom. The van der Waals surface area contributed by atoms with Crippen molar-refractivity contribution in [2.75, 3.05) is 6.61 Å². The Morgan fingerprint density at radius 3 is 3.00 bits per heavy atom. The fraction of sp³-hybridized carbons (Fsp3) is 0.176. The highest BCUT2D eigenvalue weighted by Gasteiger charge is 2.09. The van der Waals surface area contributed by atoms with E-state index in [2.05, 4.69) is 15.3 Å². The molecule has 1 aromatic carbocycles. The zero-order valence-electron chi connectivity index (χ0n) is 12.6. The predicted molar refractivity (Wildman–Crippen MR) is 89.9 cm³/mol. The molecular weight excluding hydrogens is 314 g/mol. The Balaban J connectivity index is 1.69. The molecule has 0 saturated heterocycles. The molecule has 0 saturated carbocycles. The van der Waals surface area contributed by atoms with Gasteiger partial charge in [0.05, 0.1) is 6.61 Å². The lowest BCUT2D eigenvalue weighted by Crippen LogP contribution is -2.23. The van der Waals surface area contributed by atoms with Crippen LogP contribution in [0, 0.1) is 0 Å². The number of aromatic nitrogens is 2. The van der Waals surface area contributed by atoms with Gasteiger partial charge in [0.1, 0.15) is 5.69 Å². The molecule has 0 spiro atoms. The largest absolute Gasteiger partial charge is 0.478 e. The summed E-state index contributed by atoms with van der Waals surface area (Å²) in [4.78, 5) is 19.4. The smallest absolute Gasteiger partial charge is 0.267 e. The minimum Gasteiger partial charge on any atom is -0.478 e. The lowest BCUT2D eigenvalue weighted by Gasteiger charge is -2.06. The Labute approximate surface area is 138 Å². The molecular formula is C17H16ClN3O2. The molecule has 2 aromatic heterocycles. The number of pyridine rings is 1. The number of benzene rings is 1. The number of fused-ring (bicyclic) bond motifs is 1. The van der Waals surface area contributed by atoms with Crippen molar-refractivity contribution in [1.29, 1.82) is 0 Å². The average Bonchev–Trinajstić information content (AvgIpc) is 2.96. The quantitative estimate of drug-likeness (QED) is 0.752. The molecule has 118 valence electrons. The standard InChI is InChI=1S/C17H16ClN3O2/c1-2-23-16-7-11(5-6-19-16)10-20-17(22)15-8-12-3-4-13(18)9-14(12)21-15/h3-9,21H,2,10H2,1H3,(H,20,22). The van der Waals surface area contributed by atoms with E-state index in [0.29, 0.717) is 29.7 Å². The number of nitrogens with zero attached hydrogens (tertiary/aromatic N) is 1. The first kappa shape index (κ1) is 15.4. The minimum atomic E-state index is -0.174. The van der Waals surface area contributed by atoms with Gasteiger partial charge in [0.2, 0.25) is 5.88 Å². The number of rotatable bonds is 5. The summed E-state index contributed by atoms with van der Waals surface area (Å²) in [5.41, 5.74) is 2.27. The molecule has 0 aliphatic carbocycles. The van der Waals surface area contributed by atoms with Crippen LogP contribution in [0.4, 0.5) is 0 Å². The van der Waals surface area contributed by atoms with Crippen molar-refractivity contribution in [2.24, 2.45) is 0 Å². The zero-order chi connectivity index (χ0) is 16.2. The number of nitrogens with one attached hydrogen (secondary N) is 2. The van der Waals surface area contributed by atoms with Crippen molar-refractivity contribution < 1.29 is 9.53 Å². The van der Waals surface area contributed by atoms with Gasteiger partial charge in [-0.2, -0.15) is 0 Å². The Morgan fingerprint density at radius 2 is 2.17 bits per heavy atom. The third kappa shape index (κ3) is 3.63. The van der Waals surface area contributed by atoms with E-state index >= 15 is 0 Å². The first-order valence-electron chi connectivity index (χ1n) is 7.30. The van der Waals surface area contributed by atoms with Crippen LogP contribution in [0.1, 0.15) is 23.0 Å². The van der Waals surface area contributed by atoms with Crippen molar-refractivity contribution in [2.45, 2.75) is 13.5 Å². The second-order valence-corrected chi connectivity index (χ2v) is 5.47. The lowest BCUT2D eigenvalue weighted by atomic mass is 10.2. The van der Waals surface area contributed by atoms with Crippen LogP contribution in [-0.2, 0) is 6.54 Å². The number of ether oxygens (including phenoxy) is 1. The van der Waals surface area contributed by atoms with Gasteiger partial charge in [0.15, 0.2) is 0 Å². The SMILES string of the molecule is CCOc1cc(CNC(=O)c2cc3ccc(Cl)cc3[nH]2)ccn1. The van der Waals surface area contributed by atoms with Gasteiger partial charge in [0, 0.05) is 34.7 Å². The molecule has 2 N–H and O–H groups in total. The maximum absolute atomic E-state index is 12.3. The summed E-state index contributed by atoms with van der Waals surface area (Å²) in [7, 11) is 0. The van der Waals surface area contributed by atoms with Crippen LogP contribution in [0.5, 0.6) is 5.88 Å². The van der Waals surface area contributed by atoms with Gasteiger partial charge in [0.25, 0.3) is 5.91 Å². The third-order valence-electron chi connectivity index (χ3n) is 3.37. The summed E-state index contributed by atoms with van der Waals surface area (Å²) in [5, 5.41) is 4.45. The molecule has 0 fully saturated rings. The summed E-state index contributed by atoms with van der Waals surface area (Å²) < 4.78 is 5.35. The van der Waals surface area contributed by atoms with E-state index < -0.39 is 0 Å². The van der Waals surface area contributed by atoms with E-state index in [4.69, 9.17) is 16.3 Å². The van der Waals surface area contributed by atoms with Crippen LogP contribution in [0.2, 0.25) is 5.02 Å². The highest BCUT2D eigenvalue weighted by Crippen LogP contribution is 2.20. The molecule has 5 nitrogen and oxygen atoms in total. The first-order chi connectivity index (χ1) is 11.2. The third-order valence-corrected chi connectivity index (χ3v) is 3.61. The molecule has 2 heterocycles. The summed E-state index contributed by atoms with van der Waals surface area (Å²) in [6, 6.07) is 10.9. The fourth-order valence-corrected chi connectivity index (χ4v) is 2.46. The van der Waals surface area contributed by atoms with Gasteiger partial charge >= 0.3 is 0 Å². The average molecular weight is 330 g/mol. The Kier molecular flexibility index (Phi) is 4.48. The number of hydrogen-bond acceptors (Lipinski definition) is 3. The number of amides is 1. The van der Waals surface area contributed by atoms with E-state index in [1.165, 1.54) is 0 Å². The monoisotopic (exact) mass is 329 g/mol. The minimum absolute atomic E-state index is 0.174. The second-order valence-electron chi connectivity index (χ2n) is 5.03. The van der Waals surface area contributed by atoms with Crippen LogP contribution < -0.4 is 10.1 Å². The van der Waals surface area contributed by atoms with Crippen LogP contribution >= 0.6 is 11.6 Å². The highest BCUT2D eigenvalue weighted by molar-refractivity contribution is 6.31. The first-order valence-corrected chi connectivity index (χ1v) is 7.67. The van der Waals surface area contributed by atoms with Crippen molar-refractivity contribution in [1.82, 2.24) is 15.3 Å². The van der Waals surface area contributed by atoms with Gasteiger partial charge in [-0.15, -0.1) is 0 Å². The molecule has 0 aliphatic heterocycles. The number of carbonyl (C=O) groups is 1. The van der Waals surface area contributed by atoms with Crippen LogP contribution in [-0.4, -0.2) is 22.5 Å². The van der Waals surface area contributed by atoms with Crippen molar-refractivity contribution in [3.63, 3.8) is 0 Å². The molecule has 1 amide bonds. The maximum atomic E-state index is 12.3. The van der Waals surface area contributed by atoms with E-state index in [-0.39, 0.29) is 5.91 Å². The van der Waals surface area contributed by atoms with Gasteiger partial charge in [-0.25, -0.2) is 4.98 Å². The number of carbonyl (C=O) groups excluding carboxylic acids is 1. The number of aromatic amines is 1. The summed E-state index contributed by atoms with van der Waals surface area (Å²) in [5.74, 6) is 0.381. The zero-order valence-corrected chi connectivity index (χ0v) is 13.4. The molecule has 0 unspecified atom stereocenters. The van der Waals surface area contributed by atoms with Crippen LogP contribution in [0.25, 0.3) is 10.9 Å². The fourth-order valence-electron chi connectivity index (χ4n) is 2.29. The number of hydrogen-bond donors (Lipinski definition) is 2. The topological polar surface area (TPSA) is 67.0 Å². The number of halogens is 1. The van der Waals surface area contributed by atoms with E-state index in [0.717, 1.165) is 16.5 Å². The van der Waals surface area contributed by atoms with E-state index in [1.54, 1.807) is 24.4 Å². The predicted octanol–water partition coefficient (Wildman–Crippen LogP) is 3.55. The summed E-state index contributed by atoms with van der Waals surface area (Å²) in [6.07, 6.45) is 1.66. The molecule has 0 radical (unpaired) electrons. The van der Waals surface area contributed by atoms with E-state index in [9.17, 15) is 4.79 Å². The maximum Gasteiger partial charge on any atom is 0.267 e. The van der Waals surface area contributed by atoms with Crippen LogP contribution in [0.15, 0.2) is 42.6 Å². The summed E-state index contributed by atoms with van der Waals surface area (Å²) in [6.45, 7) is 2.86. The van der Waals surface area contributed by atoms with Gasteiger partial charge < -0.3 is 15.0 Å². The molecule has 3 rings (SSSR count). The molecule has 6 heteroatoms. The van der Waals surface area contributed by atoms with Gasteiger partial charge in [-0.05, 0) is 36.8 Å². The van der Waals surface area contributed by atoms with Crippen LogP contribution in [0.3, 0.4) is 0 Å². The van der Waals surface area contributed by atoms with Crippen molar-refractivity contribution >= 4 is 28.4 Å². The Bertz CT molecular complexity index is 845. The molecule has 0 atom stereocenters. The molecule has 0 bridgehead atoms. The number of H-pyrrole nitrogens is 1. The lowest BCUT2D eigenvalue weighted by molar-refractivity contribution is 0.0946. The molecule has 3 aromatic rings. The molecule has 23 heavy (non-hydrogen) atoms. The van der Waals surface area contributed by atoms with Crippen molar-refractivity contribution in [3.05, 3.63) is 58.9 Å². The second kappa shape index (κ2) is 6.71. The van der Waals surface area contributed by atoms with E-state index in [1.807, 2.05) is 25.1 Å². The summed E-state index contributed by atoms with van der Waals surface area (Å²) >= 11 is 5.95. The van der Waals surface area contributed by atoms with Gasteiger partial charge in [-0.3, -0.25) is 4.79 Å². The van der Waals surface area contributed by atoms with Gasteiger partial charge in [-0.1, -0.05) is 17.7 Å². The normalized spacial score (nSPS) is 10.7. The molecule has 0 aliphatic rings.